The summed E-state index contributed by atoms with van der Waals surface area (Å²) in [6, 6.07) is 14.9. The Labute approximate surface area is 196 Å². The molecule has 2 aromatic carbocycles. The number of piperazine rings is 1. The number of nitrogens with zero attached hydrogens (tertiary/aromatic N) is 4. The van der Waals surface area contributed by atoms with Gasteiger partial charge in [-0.3, -0.25) is 9.69 Å². The van der Waals surface area contributed by atoms with Crippen molar-refractivity contribution in [2.24, 2.45) is 0 Å². The molecule has 1 amide bonds. The van der Waals surface area contributed by atoms with Crippen molar-refractivity contribution in [3.63, 3.8) is 0 Å². The van der Waals surface area contributed by atoms with Crippen LogP contribution in [0.5, 0.6) is 0 Å². The zero-order chi connectivity index (χ0) is 24.1. The molecule has 0 bridgehead atoms. The highest BCUT2D eigenvalue weighted by atomic mass is 19.4. The molecule has 9 heteroatoms. The zero-order valence-corrected chi connectivity index (χ0v) is 19.0. The second-order valence-corrected chi connectivity index (χ2v) is 8.55. The molecule has 0 N–H and O–H groups in total. The van der Waals surface area contributed by atoms with E-state index in [9.17, 15) is 18.0 Å². The largest absolute Gasteiger partial charge is 0.447 e. The summed E-state index contributed by atoms with van der Waals surface area (Å²) < 4.78 is 44.3. The minimum atomic E-state index is -4.37. The quantitative estimate of drug-likeness (QED) is 0.514. The number of carbonyl (C=O) groups excluding carboxylic acids is 1. The van der Waals surface area contributed by atoms with Crippen LogP contribution in [0, 0.1) is 0 Å². The van der Waals surface area contributed by atoms with Gasteiger partial charge in [0.2, 0.25) is 5.89 Å². The SMILES string of the molecule is CN1CCN(C(=O)c2coc(CN(Cc3ccccc3)Cc3ccc(C(F)(F)F)cc3)n2)CC1. The van der Waals surface area contributed by atoms with Crippen LogP contribution >= 0.6 is 0 Å². The highest BCUT2D eigenvalue weighted by Gasteiger charge is 2.30. The van der Waals surface area contributed by atoms with Gasteiger partial charge in [0, 0.05) is 39.3 Å². The molecule has 6 nitrogen and oxygen atoms in total. The first-order valence-corrected chi connectivity index (χ1v) is 11.1. The fourth-order valence-electron chi connectivity index (χ4n) is 3.91. The maximum Gasteiger partial charge on any atom is 0.416 e. The minimum Gasteiger partial charge on any atom is -0.447 e. The van der Waals surface area contributed by atoms with Gasteiger partial charge in [0.05, 0.1) is 12.1 Å². The molecule has 0 aliphatic carbocycles. The summed E-state index contributed by atoms with van der Waals surface area (Å²) >= 11 is 0. The Kier molecular flexibility index (Phi) is 7.33. The van der Waals surface area contributed by atoms with Crippen LogP contribution in [0.3, 0.4) is 0 Å². The van der Waals surface area contributed by atoms with E-state index in [0.717, 1.165) is 36.3 Å². The average molecular weight is 473 g/mol. The van der Waals surface area contributed by atoms with Gasteiger partial charge in [0.15, 0.2) is 5.69 Å². The molecule has 1 saturated heterocycles. The fraction of sp³-hybridized carbons (Fsp3) is 0.360. The van der Waals surface area contributed by atoms with E-state index < -0.39 is 11.7 Å². The topological polar surface area (TPSA) is 52.8 Å². The molecule has 4 rings (SSSR count). The summed E-state index contributed by atoms with van der Waals surface area (Å²) in [7, 11) is 2.02. The van der Waals surface area contributed by atoms with E-state index >= 15 is 0 Å². The second-order valence-electron chi connectivity index (χ2n) is 8.55. The molecular formula is C25H27F3N4O2. The molecule has 0 atom stereocenters. The van der Waals surface area contributed by atoms with Crippen LogP contribution in [0.15, 0.2) is 65.3 Å². The number of aromatic nitrogens is 1. The lowest BCUT2D eigenvalue weighted by Crippen LogP contribution is -2.47. The molecule has 34 heavy (non-hydrogen) atoms. The lowest BCUT2D eigenvalue weighted by atomic mass is 10.1. The van der Waals surface area contributed by atoms with Crippen molar-refractivity contribution in [2.75, 3.05) is 33.2 Å². The molecule has 1 fully saturated rings. The molecule has 3 aromatic rings. The first kappa shape index (κ1) is 24.0. The standard InChI is InChI=1S/C25H27F3N4O2/c1-30-11-13-32(14-12-30)24(33)22-18-34-23(29-22)17-31(15-19-5-3-2-4-6-19)16-20-7-9-21(10-8-20)25(26,27)28/h2-10,18H,11-17H2,1H3. The molecule has 1 aliphatic heterocycles. The van der Waals surface area contributed by atoms with Gasteiger partial charge < -0.3 is 14.2 Å². The van der Waals surface area contributed by atoms with Gasteiger partial charge in [-0.1, -0.05) is 42.5 Å². The first-order valence-electron chi connectivity index (χ1n) is 11.1. The Morgan fingerprint density at radius 1 is 0.941 bits per heavy atom. The predicted octanol–water partition coefficient (Wildman–Crippen LogP) is 4.28. The Morgan fingerprint density at radius 2 is 1.56 bits per heavy atom. The van der Waals surface area contributed by atoms with E-state index in [-0.39, 0.29) is 11.6 Å². The molecule has 0 saturated carbocycles. The van der Waals surface area contributed by atoms with Gasteiger partial charge in [0.1, 0.15) is 6.26 Å². The third-order valence-corrected chi connectivity index (χ3v) is 5.86. The van der Waals surface area contributed by atoms with Gasteiger partial charge in [-0.05, 0) is 30.3 Å². The van der Waals surface area contributed by atoms with Crippen LogP contribution in [0.2, 0.25) is 0 Å². The Morgan fingerprint density at radius 3 is 2.18 bits per heavy atom. The Balaban J connectivity index is 1.47. The molecule has 0 radical (unpaired) electrons. The van der Waals surface area contributed by atoms with E-state index in [1.54, 1.807) is 4.90 Å². The first-order chi connectivity index (χ1) is 16.3. The number of alkyl halides is 3. The molecule has 2 heterocycles. The number of likely N-dealkylation sites (N-methyl/N-ethyl adjacent to an activating group) is 1. The van der Waals surface area contributed by atoms with Crippen LogP contribution in [-0.4, -0.2) is 58.8 Å². The van der Waals surface area contributed by atoms with E-state index in [4.69, 9.17) is 4.42 Å². The smallest absolute Gasteiger partial charge is 0.416 e. The Hall–Kier alpha value is -3.17. The summed E-state index contributed by atoms with van der Waals surface area (Å²) in [6.07, 6.45) is -2.98. The molecule has 1 aliphatic rings. The number of carbonyl (C=O) groups is 1. The minimum absolute atomic E-state index is 0.152. The number of halogens is 3. The summed E-state index contributed by atoms with van der Waals surface area (Å²) in [5.41, 5.74) is 1.39. The van der Waals surface area contributed by atoms with Crippen LogP contribution < -0.4 is 0 Å². The lowest BCUT2D eigenvalue weighted by Gasteiger charge is -2.31. The summed E-state index contributed by atoms with van der Waals surface area (Å²) in [5, 5.41) is 0. The third-order valence-electron chi connectivity index (χ3n) is 5.86. The van der Waals surface area contributed by atoms with Gasteiger partial charge in [0.25, 0.3) is 5.91 Å². The summed E-state index contributed by atoms with van der Waals surface area (Å²) in [6.45, 7) is 4.18. The highest BCUT2D eigenvalue weighted by molar-refractivity contribution is 5.92. The number of benzene rings is 2. The van der Waals surface area contributed by atoms with Crippen molar-refractivity contribution in [1.29, 1.82) is 0 Å². The fourth-order valence-corrected chi connectivity index (χ4v) is 3.91. The van der Waals surface area contributed by atoms with Crippen molar-refractivity contribution < 1.29 is 22.4 Å². The highest BCUT2D eigenvalue weighted by Crippen LogP contribution is 2.29. The van der Waals surface area contributed by atoms with Crippen molar-refractivity contribution in [3.05, 3.63) is 89.1 Å². The maximum absolute atomic E-state index is 12.9. The number of oxazole rings is 1. The maximum atomic E-state index is 12.9. The molecule has 0 unspecified atom stereocenters. The van der Waals surface area contributed by atoms with Crippen molar-refractivity contribution in [3.8, 4) is 0 Å². The zero-order valence-electron chi connectivity index (χ0n) is 19.0. The van der Waals surface area contributed by atoms with E-state index in [0.29, 0.717) is 38.6 Å². The average Bonchev–Trinajstić information content (AvgIpc) is 3.28. The normalized spacial score (nSPS) is 15.1. The van der Waals surface area contributed by atoms with Crippen LogP contribution in [0.4, 0.5) is 13.2 Å². The summed E-state index contributed by atoms with van der Waals surface area (Å²) in [4.78, 5) is 23.2. The van der Waals surface area contributed by atoms with Crippen molar-refractivity contribution >= 4 is 5.91 Å². The number of hydrogen-bond acceptors (Lipinski definition) is 5. The van der Waals surface area contributed by atoms with E-state index in [1.165, 1.54) is 18.4 Å². The second kappa shape index (κ2) is 10.4. The molecule has 180 valence electrons. The van der Waals surface area contributed by atoms with Gasteiger partial charge in [-0.15, -0.1) is 0 Å². The number of amides is 1. The Bertz CT molecular complexity index is 1080. The van der Waals surface area contributed by atoms with Crippen LogP contribution in [-0.2, 0) is 25.8 Å². The number of hydrogen-bond donors (Lipinski definition) is 0. The van der Waals surface area contributed by atoms with Crippen molar-refractivity contribution in [2.45, 2.75) is 25.8 Å². The van der Waals surface area contributed by atoms with Gasteiger partial charge >= 0.3 is 6.18 Å². The number of rotatable bonds is 7. The van der Waals surface area contributed by atoms with E-state index in [1.807, 2.05) is 42.3 Å². The molecule has 0 spiro atoms. The monoisotopic (exact) mass is 472 g/mol. The lowest BCUT2D eigenvalue weighted by molar-refractivity contribution is -0.137. The molecule has 1 aromatic heterocycles. The van der Waals surface area contributed by atoms with Gasteiger partial charge in [-0.25, -0.2) is 4.98 Å². The van der Waals surface area contributed by atoms with Crippen LogP contribution in [0.1, 0.15) is 33.1 Å². The molecular weight excluding hydrogens is 445 g/mol. The van der Waals surface area contributed by atoms with Crippen molar-refractivity contribution in [1.82, 2.24) is 19.7 Å². The van der Waals surface area contributed by atoms with Crippen LogP contribution in [0.25, 0.3) is 0 Å². The predicted molar refractivity (Wildman–Crippen MR) is 121 cm³/mol. The third kappa shape index (κ3) is 6.24. The van der Waals surface area contributed by atoms with E-state index in [2.05, 4.69) is 9.88 Å². The van der Waals surface area contributed by atoms with Gasteiger partial charge in [-0.2, -0.15) is 13.2 Å². The summed E-state index contributed by atoms with van der Waals surface area (Å²) in [5.74, 6) is 0.237.